The highest BCUT2D eigenvalue weighted by Crippen LogP contribution is 2.40. The van der Waals surface area contributed by atoms with Crippen molar-refractivity contribution in [2.24, 2.45) is 0 Å². The summed E-state index contributed by atoms with van der Waals surface area (Å²) >= 11 is 1.35. The Morgan fingerprint density at radius 2 is 1.57 bits per heavy atom. The number of fused-ring (bicyclic) bond motifs is 1. The molecule has 3 rings (SSSR count). The minimum Gasteiger partial charge on any atom is -0.294 e. The van der Waals surface area contributed by atoms with Crippen LogP contribution in [0.2, 0.25) is 0 Å². The number of hydrogen-bond donors (Lipinski definition) is 0. The maximum Gasteiger partial charge on any atom is 0.266 e. The molecular weight excluding hydrogens is 310 g/mol. The zero-order valence-corrected chi connectivity index (χ0v) is 14.3. The second-order valence-electron chi connectivity index (χ2n) is 6.62. The van der Waals surface area contributed by atoms with Crippen LogP contribution >= 0.6 is 11.3 Å². The van der Waals surface area contributed by atoms with E-state index in [0.717, 1.165) is 9.78 Å². The number of rotatable bonds is 2. The molecule has 23 heavy (non-hydrogen) atoms. The van der Waals surface area contributed by atoms with E-state index in [1.807, 2.05) is 20.8 Å². The van der Waals surface area contributed by atoms with Crippen molar-refractivity contribution in [3.8, 4) is 0 Å². The number of anilines is 1. The van der Waals surface area contributed by atoms with Crippen molar-refractivity contribution in [1.82, 2.24) is 0 Å². The fourth-order valence-corrected chi connectivity index (χ4v) is 3.67. The second kappa shape index (κ2) is 5.13. The van der Waals surface area contributed by atoms with Gasteiger partial charge in [0.15, 0.2) is 5.78 Å². The Morgan fingerprint density at radius 3 is 2.00 bits per heavy atom. The molecule has 1 aliphatic heterocycles. The lowest BCUT2D eigenvalue weighted by molar-refractivity contribution is 0.0926. The fraction of sp³-hybridized carbons (Fsp3) is 0.278. The highest BCUT2D eigenvalue weighted by atomic mass is 32.1. The van der Waals surface area contributed by atoms with Gasteiger partial charge in [-0.25, -0.2) is 4.90 Å². The minimum atomic E-state index is -0.369. The van der Waals surface area contributed by atoms with Crippen molar-refractivity contribution in [1.29, 1.82) is 0 Å². The van der Waals surface area contributed by atoms with Crippen LogP contribution in [0, 0.1) is 0 Å². The van der Waals surface area contributed by atoms with Crippen LogP contribution in [-0.2, 0) is 5.41 Å². The van der Waals surface area contributed by atoms with Gasteiger partial charge in [0.05, 0.1) is 21.7 Å². The third-order valence-corrected chi connectivity index (χ3v) is 5.46. The number of thiophene rings is 1. The normalized spacial score (nSPS) is 14.3. The van der Waals surface area contributed by atoms with Crippen LogP contribution < -0.4 is 4.90 Å². The number of carbonyl (C=O) groups excluding carboxylic acids is 3. The van der Waals surface area contributed by atoms with Gasteiger partial charge in [0.1, 0.15) is 0 Å². The first kappa shape index (κ1) is 15.6. The van der Waals surface area contributed by atoms with Gasteiger partial charge in [0.25, 0.3) is 11.8 Å². The van der Waals surface area contributed by atoms with Crippen LogP contribution in [-0.4, -0.2) is 17.6 Å². The summed E-state index contributed by atoms with van der Waals surface area (Å²) in [4.78, 5) is 39.8. The number of carbonyl (C=O) groups is 3. The molecule has 0 N–H and O–H groups in total. The zero-order chi connectivity index (χ0) is 16.9. The van der Waals surface area contributed by atoms with Crippen LogP contribution in [0.25, 0.3) is 0 Å². The van der Waals surface area contributed by atoms with Crippen molar-refractivity contribution >= 4 is 34.6 Å². The fourth-order valence-electron chi connectivity index (χ4n) is 2.58. The molecule has 0 fully saturated rings. The summed E-state index contributed by atoms with van der Waals surface area (Å²) in [6, 6.07) is 8.53. The molecule has 2 aromatic rings. The molecular formula is C18H17NO3S. The van der Waals surface area contributed by atoms with Gasteiger partial charge in [-0.3, -0.25) is 14.4 Å². The summed E-state index contributed by atoms with van der Waals surface area (Å²) in [5.74, 6) is -0.880. The van der Waals surface area contributed by atoms with Crippen molar-refractivity contribution < 1.29 is 14.4 Å². The van der Waals surface area contributed by atoms with Gasteiger partial charge in [-0.2, -0.15) is 0 Å². The number of ketones is 1. The molecule has 0 spiro atoms. The maximum absolute atomic E-state index is 12.6. The van der Waals surface area contributed by atoms with Gasteiger partial charge >= 0.3 is 0 Å². The van der Waals surface area contributed by atoms with E-state index in [4.69, 9.17) is 0 Å². The van der Waals surface area contributed by atoms with Crippen molar-refractivity contribution in [3.63, 3.8) is 0 Å². The predicted molar refractivity (Wildman–Crippen MR) is 90.6 cm³/mol. The van der Waals surface area contributed by atoms with E-state index in [2.05, 4.69) is 0 Å². The molecule has 5 heteroatoms. The van der Waals surface area contributed by atoms with E-state index in [0.29, 0.717) is 21.7 Å². The third-order valence-electron chi connectivity index (χ3n) is 3.81. The molecule has 2 amide bonds. The monoisotopic (exact) mass is 327 g/mol. The molecule has 0 aliphatic carbocycles. The molecule has 0 saturated carbocycles. The summed E-state index contributed by atoms with van der Waals surface area (Å²) in [6.07, 6.45) is 0. The lowest BCUT2D eigenvalue weighted by atomic mass is 9.94. The van der Waals surface area contributed by atoms with E-state index in [9.17, 15) is 14.4 Å². The first-order valence-corrected chi connectivity index (χ1v) is 8.16. The number of amides is 2. The Hall–Kier alpha value is -2.27. The molecule has 0 saturated heterocycles. The number of imide groups is 1. The molecule has 4 nitrogen and oxygen atoms in total. The molecule has 0 atom stereocenters. The smallest absolute Gasteiger partial charge is 0.266 e. The largest absolute Gasteiger partial charge is 0.294 e. The highest BCUT2D eigenvalue weighted by Gasteiger charge is 2.39. The first-order chi connectivity index (χ1) is 10.7. The van der Waals surface area contributed by atoms with Gasteiger partial charge in [-0.1, -0.05) is 32.9 Å². The SMILES string of the molecule is CC(=O)c1sc(C(C)(C)C)cc1N1C(=O)c2ccccc2C1=O. The average Bonchev–Trinajstić information content (AvgIpc) is 3.01. The number of Topliss-reactive ketones (excluding diaryl/α,β-unsaturated/α-hetero) is 1. The Bertz CT molecular complexity index is 807. The Balaban J connectivity index is 2.17. The van der Waals surface area contributed by atoms with Crippen LogP contribution in [0.1, 0.15) is 63.0 Å². The number of hydrogen-bond acceptors (Lipinski definition) is 4. The summed E-state index contributed by atoms with van der Waals surface area (Å²) < 4.78 is 0. The zero-order valence-electron chi connectivity index (χ0n) is 13.5. The standard InChI is InChI=1S/C18H17NO3S/c1-10(20)15-13(9-14(23-15)18(2,3)4)19-16(21)11-7-5-6-8-12(11)17(19)22/h5-9H,1-4H3. The predicted octanol–water partition coefficient (Wildman–Crippen LogP) is 4.05. The molecule has 0 radical (unpaired) electrons. The lowest BCUT2D eigenvalue weighted by Gasteiger charge is -2.16. The second-order valence-corrected chi connectivity index (χ2v) is 7.67. The summed E-state index contributed by atoms with van der Waals surface area (Å²) in [6.45, 7) is 7.57. The van der Waals surface area contributed by atoms with E-state index in [1.165, 1.54) is 18.3 Å². The summed E-state index contributed by atoms with van der Waals surface area (Å²) in [5.41, 5.74) is 1.01. The van der Waals surface area contributed by atoms with Crippen molar-refractivity contribution in [2.75, 3.05) is 4.90 Å². The summed E-state index contributed by atoms with van der Waals surface area (Å²) in [5, 5.41) is 0. The highest BCUT2D eigenvalue weighted by molar-refractivity contribution is 7.15. The van der Waals surface area contributed by atoms with E-state index < -0.39 is 0 Å². The van der Waals surface area contributed by atoms with Crippen molar-refractivity contribution in [3.05, 3.63) is 51.2 Å². The minimum absolute atomic E-state index is 0.142. The molecule has 0 bridgehead atoms. The quantitative estimate of drug-likeness (QED) is 0.617. The van der Waals surface area contributed by atoms with Crippen LogP contribution in [0.3, 0.4) is 0 Å². The molecule has 0 unspecified atom stereocenters. The Morgan fingerprint density at radius 1 is 1.04 bits per heavy atom. The molecule has 1 aromatic heterocycles. The van der Waals surface area contributed by atoms with Gasteiger partial charge in [-0.05, 0) is 23.6 Å². The first-order valence-electron chi connectivity index (χ1n) is 7.35. The molecule has 1 aromatic carbocycles. The molecule has 118 valence electrons. The Kier molecular flexibility index (Phi) is 3.48. The summed E-state index contributed by atoms with van der Waals surface area (Å²) in [7, 11) is 0. The van der Waals surface area contributed by atoms with E-state index in [1.54, 1.807) is 30.3 Å². The lowest BCUT2D eigenvalue weighted by Crippen LogP contribution is -2.30. The number of benzene rings is 1. The maximum atomic E-state index is 12.6. The molecule has 2 heterocycles. The Labute approximate surface area is 138 Å². The average molecular weight is 327 g/mol. The van der Waals surface area contributed by atoms with Gasteiger partial charge in [0, 0.05) is 11.8 Å². The number of nitrogens with zero attached hydrogens (tertiary/aromatic N) is 1. The van der Waals surface area contributed by atoms with E-state index in [-0.39, 0.29) is 23.0 Å². The van der Waals surface area contributed by atoms with Gasteiger partial charge < -0.3 is 0 Å². The van der Waals surface area contributed by atoms with Crippen LogP contribution in [0.5, 0.6) is 0 Å². The van der Waals surface area contributed by atoms with Crippen LogP contribution in [0.4, 0.5) is 5.69 Å². The van der Waals surface area contributed by atoms with Gasteiger partial charge in [0.2, 0.25) is 0 Å². The van der Waals surface area contributed by atoms with Crippen molar-refractivity contribution in [2.45, 2.75) is 33.1 Å². The topological polar surface area (TPSA) is 54.5 Å². The van der Waals surface area contributed by atoms with Gasteiger partial charge in [-0.15, -0.1) is 11.3 Å². The molecule has 1 aliphatic rings. The van der Waals surface area contributed by atoms with Crippen LogP contribution in [0.15, 0.2) is 30.3 Å². The third kappa shape index (κ3) is 2.41. The van der Waals surface area contributed by atoms with E-state index >= 15 is 0 Å².